The van der Waals surface area contributed by atoms with Crippen molar-refractivity contribution >= 4 is 21.6 Å². The van der Waals surface area contributed by atoms with E-state index in [1.165, 1.54) is 16.4 Å². The molecule has 1 aliphatic heterocycles. The number of amides is 1. The largest absolute Gasteiger partial charge is 0.376 e. The molecule has 1 amide bonds. The molecule has 1 heterocycles. The molecule has 0 unspecified atom stereocenters. The number of sulfonamides is 1. The van der Waals surface area contributed by atoms with Crippen LogP contribution in [-0.2, 0) is 21.4 Å². The second kappa shape index (κ2) is 9.37. The molecule has 8 heteroatoms. The van der Waals surface area contributed by atoms with Crippen molar-refractivity contribution < 1.29 is 17.6 Å². The zero-order chi connectivity index (χ0) is 20.9. The Morgan fingerprint density at radius 1 is 1.07 bits per heavy atom. The van der Waals surface area contributed by atoms with Crippen LogP contribution in [0.5, 0.6) is 0 Å². The second-order valence-corrected chi connectivity index (χ2v) is 9.11. The Kier molecular flexibility index (Phi) is 6.87. The number of carbonyl (C=O) groups excluding carboxylic acids is 1. The molecule has 0 aromatic heterocycles. The summed E-state index contributed by atoms with van der Waals surface area (Å²) in [5, 5.41) is 5.72. The number of piperidine rings is 1. The third-order valence-electron chi connectivity index (χ3n) is 4.98. The van der Waals surface area contributed by atoms with Crippen LogP contribution >= 0.6 is 0 Å². The predicted molar refractivity (Wildman–Crippen MR) is 111 cm³/mol. The highest BCUT2D eigenvalue weighted by Gasteiger charge is 2.27. The maximum absolute atomic E-state index is 13.0. The summed E-state index contributed by atoms with van der Waals surface area (Å²) in [6, 6.07) is 11.0. The minimum Gasteiger partial charge on any atom is -0.376 e. The first-order valence-corrected chi connectivity index (χ1v) is 11.2. The van der Waals surface area contributed by atoms with Gasteiger partial charge in [0.1, 0.15) is 5.82 Å². The van der Waals surface area contributed by atoms with E-state index in [0.717, 1.165) is 24.8 Å². The zero-order valence-corrected chi connectivity index (χ0v) is 17.3. The van der Waals surface area contributed by atoms with Gasteiger partial charge in [-0.1, -0.05) is 24.6 Å². The van der Waals surface area contributed by atoms with Gasteiger partial charge in [-0.3, -0.25) is 4.79 Å². The number of aryl methyl sites for hydroxylation is 1. The molecule has 0 bridgehead atoms. The molecule has 2 aromatic carbocycles. The molecule has 1 saturated heterocycles. The lowest BCUT2D eigenvalue weighted by Gasteiger charge is -2.26. The normalized spacial score (nSPS) is 15.1. The predicted octanol–water partition coefficient (Wildman–Crippen LogP) is 3.04. The van der Waals surface area contributed by atoms with E-state index in [0.29, 0.717) is 30.9 Å². The number of benzene rings is 2. The fourth-order valence-corrected chi connectivity index (χ4v) is 5.05. The van der Waals surface area contributed by atoms with Gasteiger partial charge in [0, 0.05) is 25.3 Å². The van der Waals surface area contributed by atoms with E-state index in [2.05, 4.69) is 10.6 Å². The van der Waals surface area contributed by atoms with Gasteiger partial charge in [-0.25, -0.2) is 12.8 Å². The van der Waals surface area contributed by atoms with Crippen molar-refractivity contribution in [1.82, 2.24) is 9.62 Å². The highest BCUT2D eigenvalue weighted by molar-refractivity contribution is 7.89. The highest BCUT2D eigenvalue weighted by atomic mass is 32.2. The Hall–Kier alpha value is -2.45. The van der Waals surface area contributed by atoms with Crippen LogP contribution in [-0.4, -0.2) is 38.3 Å². The first kappa shape index (κ1) is 21.3. The van der Waals surface area contributed by atoms with E-state index in [9.17, 15) is 17.6 Å². The number of hydrogen-bond donors (Lipinski definition) is 2. The van der Waals surface area contributed by atoms with Crippen LogP contribution in [0.3, 0.4) is 0 Å². The molecule has 3 rings (SSSR count). The maximum atomic E-state index is 13.0. The minimum absolute atomic E-state index is 0.00740. The second-order valence-electron chi connectivity index (χ2n) is 7.20. The summed E-state index contributed by atoms with van der Waals surface area (Å²) < 4.78 is 40.4. The van der Waals surface area contributed by atoms with E-state index >= 15 is 0 Å². The van der Waals surface area contributed by atoms with Crippen molar-refractivity contribution in [3.63, 3.8) is 0 Å². The van der Waals surface area contributed by atoms with Crippen LogP contribution in [0.1, 0.15) is 30.4 Å². The number of halogens is 1. The van der Waals surface area contributed by atoms with Gasteiger partial charge in [-0.15, -0.1) is 0 Å². The van der Waals surface area contributed by atoms with Crippen molar-refractivity contribution in [3.05, 3.63) is 59.4 Å². The Morgan fingerprint density at radius 2 is 1.76 bits per heavy atom. The molecular weight excluding hydrogens is 393 g/mol. The van der Waals surface area contributed by atoms with Crippen LogP contribution in [0, 0.1) is 12.7 Å². The lowest BCUT2D eigenvalue weighted by atomic mass is 10.2. The fraction of sp³-hybridized carbons (Fsp3) is 0.381. The molecule has 2 aromatic rings. The third-order valence-corrected chi connectivity index (χ3v) is 7.02. The van der Waals surface area contributed by atoms with Crippen molar-refractivity contribution in [3.8, 4) is 0 Å². The van der Waals surface area contributed by atoms with E-state index in [1.54, 1.807) is 37.3 Å². The van der Waals surface area contributed by atoms with Crippen molar-refractivity contribution in [1.29, 1.82) is 0 Å². The quantitative estimate of drug-likeness (QED) is 0.723. The molecule has 0 atom stereocenters. The zero-order valence-electron chi connectivity index (χ0n) is 16.4. The summed E-state index contributed by atoms with van der Waals surface area (Å²) in [4.78, 5) is 12.4. The van der Waals surface area contributed by atoms with Crippen molar-refractivity contribution in [2.75, 3.05) is 25.0 Å². The molecule has 0 spiro atoms. The Balaban J connectivity index is 1.60. The summed E-state index contributed by atoms with van der Waals surface area (Å²) >= 11 is 0. The lowest BCUT2D eigenvalue weighted by molar-refractivity contribution is -0.119. The number of rotatable bonds is 7. The highest BCUT2D eigenvalue weighted by Crippen LogP contribution is 2.25. The molecule has 0 saturated carbocycles. The van der Waals surface area contributed by atoms with E-state index in [4.69, 9.17) is 0 Å². The average Bonchev–Trinajstić information content (AvgIpc) is 2.73. The van der Waals surface area contributed by atoms with Crippen LogP contribution in [0.4, 0.5) is 10.1 Å². The molecule has 0 aliphatic carbocycles. The number of hydrogen-bond acceptors (Lipinski definition) is 4. The molecular formula is C21H26FN3O3S. The third kappa shape index (κ3) is 5.55. The molecule has 0 radical (unpaired) electrons. The van der Waals surface area contributed by atoms with Crippen molar-refractivity contribution in [2.45, 2.75) is 37.6 Å². The van der Waals surface area contributed by atoms with Gasteiger partial charge in [-0.05, 0) is 55.2 Å². The first-order chi connectivity index (χ1) is 13.9. The molecule has 1 fully saturated rings. The van der Waals surface area contributed by atoms with Crippen LogP contribution in [0.2, 0.25) is 0 Å². The van der Waals surface area contributed by atoms with E-state index in [-0.39, 0.29) is 23.2 Å². The monoisotopic (exact) mass is 419 g/mol. The molecule has 1 aliphatic rings. The van der Waals surface area contributed by atoms with Gasteiger partial charge in [0.2, 0.25) is 15.9 Å². The number of nitrogens with zero attached hydrogens (tertiary/aromatic N) is 1. The minimum atomic E-state index is -3.54. The SMILES string of the molecule is Cc1ccc(NCC(=O)NCc2ccc(F)cc2)cc1S(=O)(=O)N1CCCCC1. The van der Waals surface area contributed by atoms with Gasteiger partial charge < -0.3 is 10.6 Å². The summed E-state index contributed by atoms with van der Waals surface area (Å²) in [5.74, 6) is -0.563. The lowest BCUT2D eigenvalue weighted by Crippen LogP contribution is -2.36. The Morgan fingerprint density at radius 3 is 2.45 bits per heavy atom. The van der Waals surface area contributed by atoms with E-state index in [1.807, 2.05) is 0 Å². The average molecular weight is 420 g/mol. The van der Waals surface area contributed by atoms with Crippen LogP contribution in [0.15, 0.2) is 47.4 Å². The van der Waals surface area contributed by atoms with Gasteiger partial charge in [0.15, 0.2) is 0 Å². The number of nitrogens with one attached hydrogen (secondary N) is 2. The summed E-state index contributed by atoms with van der Waals surface area (Å²) in [7, 11) is -3.54. The molecule has 6 nitrogen and oxygen atoms in total. The standard InChI is InChI=1S/C21H26FN3O3S/c1-16-5-10-19(13-20(16)29(27,28)25-11-3-2-4-12-25)23-15-21(26)24-14-17-6-8-18(22)9-7-17/h5-10,13,23H,2-4,11-12,14-15H2,1H3,(H,24,26). The first-order valence-electron chi connectivity index (χ1n) is 9.72. The fourth-order valence-electron chi connectivity index (χ4n) is 3.28. The smallest absolute Gasteiger partial charge is 0.243 e. The van der Waals surface area contributed by atoms with Crippen LogP contribution < -0.4 is 10.6 Å². The van der Waals surface area contributed by atoms with Gasteiger partial charge >= 0.3 is 0 Å². The summed E-state index contributed by atoms with van der Waals surface area (Å²) in [5.41, 5.74) is 2.05. The van der Waals surface area contributed by atoms with Gasteiger partial charge in [0.25, 0.3) is 0 Å². The Labute approximate surface area is 171 Å². The number of carbonyl (C=O) groups is 1. The Bertz CT molecular complexity index is 956. The maximum Gasteiger partial charge on any atom is 0.243 e. The molecule has 156 valence electrons. The van der Waals surface area contributed by atoms with Crippen LogP contribution in [0.25, 0.3) is 0 Å². The summed E-state index contributed by atoms with van der Waals surface area (Å²) in [6.45, 7) is 3.17. The van der Waals surface area contributed by atoms with E-state index < -0.39 is 10.0 Å². The van der Waals surface area contributed by atoms with Crippen molar-refractivity contribution in [2.24, 2.45) is 0 Å². The molecule has 29 heavy (non-hydrogen) atoms. The van der Waals surface area contributed by atoms with Gasteiger partial charge in [0.05, 0.1) is 11.4 Å². The topological polar surface area (TPSA) is 78.5 Å². The van der Waals surface area contributed by atoms with Gasteiger partial charge in [-0.2, -0.15) is 4.31 Å². The molecule has 2 N–H and O–H groups in total. The number of anilines is 1. The summed E-state index contributed by atoms with van der Waals surface area (Å²) in [6.07, 6.45) is 2.81.